The fourth-order valence-electron chi connectivity index (χ4n) is 2.18. The van der Waals surface area contributed by atoms with Crippen LogP contribution in [0.2, 0.25) is 0 Å². The van der Waals surface area contributed by atoms with E-state index in [9.17, 15) is 0 Å². The summed E-state index contributed by atoms with van der Waals surface area (Å²) in [4.78, 5) is 9.83. The lowest BCUT2D eigenvalue weighted by Crippen LogP contribution is -2.01. The van der Waals surface area contributed by atoms with Gasteiger partial charge in [0.1, 0.15) is 16.5 Å². The number of ether oxygens (including phenoxy) is 2. The number of nitrogen functional groups attached to an aromatic ring is 1. The number of methoxy groups -OCH3 is 2. The van der Waals surface area contributed by atoms with Crippen LogP contribution >= 0.6 is 11.3 Å². The van der Waals surface area contributed by atoms with Crippen LogP contribution in [0.3, 0.4) is 0 Å². The quantitative estimate of drug-likeness (QED) is 0.802. The number of thiophene rings is 1. The maximum Gasteiger partial charge on any atom is 0.161 e. The molecule has 0 radical (unpaired) electrons. The Balaban J connectivity index is 1.94. The van der Waals surface area contributed by atoms with Gasteiger partial charge in [0.25, 0.3) is 0 Å². The Kier molecular flexibility index (Phi) is 3.62. The number of fused-ring (bicyclic) bond motifs is 1. The van der Waals surface area contributed by atoms with Crippen molar-refractivity contribution in [2.45, 2.75) is 6.42 Å². The molecule has 1 aromatic carbocycles. The van der Waals surface area contributed by atoms with Crippen LogP contribution in [0.5, 0.6) is 11.5 Å². The molecular weight excluding hydrogens is 286 g/mol. The maximum atomic E-state index is 5.97. The zero-order valence-corrected chi connectivity index (χ0v) is 12.6. The van der Waals surface area contributed by atoms with Gasteiger partial charge in [0.05, 0.1) is 19.6 Å². The molecule has 0 bridgehead atoms. The molecule has 2 aromatic heterocycles. The predicted molar refractivity (Wildman–Crippen MR) is 84.2 cm³/mol. The summed E-state index contributed by atoms with van der Waals surface area (Å²) in [6.07, 6.45) is 0.596. The predicted octanol–water partition coefficient (Wildman–Crippen LogP) is 2.88. The fraction of sp³-hybridized carbons (Fsp3) is 0.200. The monoisotopic (exact) mass is 301 g/mol. The van der Waals surface area contributed by atoms with Crippen molar-refractivity contribution in [3.8, 4) is 11.5 Å². The molecule has 2 heterocycles. The van der Waals surface area contributed by atoms with Crippen LogP contribution in [-0.4, -0.2) is 24.2 Å². The number of nitrogens with zero attached hydrogens (tertiary/aromatic N) is 2. The Morgan fingerprint density at radius 3 is 2.67 bits per heavy atom. The molecule has 3 aromatic rings. The van der Waals surface area contributed by atoms with Crippen molar-refractivity contribution < 1.29 is 9.47 Å². The van der Waals surface area contributed by atoms with E-state index in [2.05, 4.69) is 9.97 Å². The molecule has 0 aliphatic rings. The summed E-state index contributed by atoms with van der Waals surface area (Å²) >= 11 is 1.56. The second-order valence-corrected chi connectivity index (χ2v) is 5.43. The molecule has 0 saturated heterocycles. The minimum absolute atomic E-state index is 0.525. The summed E-state index contributed by atoms with van der Waals surface area (Å²) in [7, 11) is 3.24. The van der Waals surface area contributed by atoms with Crippen LogP contribution in [0.4, 0.5) is 5.82 Å². The van der Waals surface area contributed by atoms with E-state index < -0.39 is 0 Å². The number of nitrogens with two attached hydrogens (primary N) is 1. The average Bonchev–Trinajstić information content (AvgIpc) is 2.96. The number of benzene rings is 1. The number of anilines is 1. The zero-order chi connectivity index (χ0) is 14.8. The van der Waals surface area contributed by atoms with Gasteiger partial charge in [-0.05, 0) is 29.1 Å². The van der Waals surface area contributed by atoms with Crippen molar-refractivity contribution in [3.63, 3.8) is 0 Å². The lowest BCUT2D eigenvalue weighted by atomic mass is 10.1. The third-order valence-corrected chi connectivity index (χ3v) is 4.02. The van der Waals surface area contributed by atoms with Gasteiger partial charge in [-0.3, -0.25) is 0 Å². The second-order valence-electron chi connectivity index (χ2n) is 4.53. The van der Waals surface area contributed by atoms with Gasteiger partial charge in [0, 0.05) is 6.42 Å². The summed E-state index contributed by atoms with van der Waals surface area (Å²) in [5, 5.41) is 2.88. The molecule has 0 fully saturated rings. The van der Waals surface area contributed by atoms with E-state index in [-0.39, 0.29) is 0 Å². The summed E-state index contributed by atoms with van der Waals surface area (Å²) in [5.74, 6) is 2.63. The van der Waals surface area contributed by atoms with Crippen molar-refractivity contribution in [1.29, 1.82) is 0 Å². The largest absolute Gasteiger partial charge is 0.493 e. The Morgan fingerprint density at radius 1 is 1.10 bits per heavy atom. The van der Waals surface area contributed by atoms with Crippen LogP contribution < -0.4 is 15.2 Å². The minimum atomic E-state index is 0.525. The van der Waals surface area contributed by atoms with Crippen LogP contribution in [0.1, 0.15) is 11.4 Å². The zero-order valence-electron chi connectivity index (χ0n) is 11.8. The smallest absolute Gasteiger partial charge is 0.161 e. The summed E-state index contributed by atoms with van der Waals surface area (Å²) in [6.45, 7) is 0. The topological polar surface area (TPSA) is 70.3 Å². The molecule has 108 valence electrons. The van der Waals surface area contributed by atoms with Crippen molar-refractivity contribution >= 4 is 27.4 Å². The average molecular weight is 301 g/mol. The summed E-state index contributed by atoms with van der Waals surface area (Å²) < 4.78 is 10.5. The van der Waals surface area contributed by atoms with E-state index in [0.717, 1.165) is 15.8 Å². The highest BCUT2D eigenvalue weighted by molar-refractivity contribution is 7.16. The highest BCUT2D eigenvalue weighted by Crippen LogP contribution is 2.29. The number of rotatable bonds is 4. The van der Waals surface area contributed by atoms with Crippen molar-refractivity contribution in [2.75, 3.05) is 20.0 Å². The van der Waals surface area contributed by atoms with Crippen LogP contribution in [0.15, 0.2) is 29.6 Å². The van der Waals surface area contributed by atoms with Gasteiger partial charge < -0.3 is 15.2 Å². The molecule has 0 aliphatic heterocycles. The third kappa shape index (κ3) is 2.62. The molecule has 0 spiro atoms. The molecular formula is C15H15N3O2S. The van der Waals surface area contributed by atoms with E-state index in [1.807, 2.05) is 29.6 Å². The Bertz CT molecular complexity index is 786. The number of hydrogen-bond donors (Lipinski definition) is 1. The van der Waals surface area contributed by atoms with E-state index in [1.54, 1.807) is 25.6 Å². The van der Waals surface area contributed by atoms with E-state index in [0.29, 0.717) is 29.6 Å². The van der Waals surface area contributed by atoms with Crippen molar-refractivity contribution in [1.82, 2.24) is 9.97 Å². The minimum Gasteiger partial charge on any atom is -0.493 e. The Morgan fingerprint density at radius 2 is 1.90 bits per heavy atom. The van der Waals surface area contributed by atoms with Gasteiger partial charge in [-0.2, -0.15) is 0 Å². The third-order valence-electron chi connectivity index (χ3n) is 3.21. The van der Waals surface area contributed by atoms with Gasteiger partial charge in [-0.15, -0.1) is 11.3 Å². The molecule has 0 atom stereocenters. The lowest BCUT2D eigenvalue weighted by molar-refractivity contribution is 0.354. The molecule has 0 saturated carbocycles. The van der Waals surface area contributed by atoms with Gasteiger partial charge in [-0.25, -0.2) is 9.97 Å². The highest BCUT2D eigenvalue weighted by atomic mass is 32.1. The van der Waals surface area contributed by atoms with E-state index in [4.69, 9.17) is 15.2 Å². The first-order valence-corrected chi connectivity index (χ1v) is 7.29. The number of hydrogen-bond acceptors (Lipinski definition) is 6. The van der Waals surface area contributed by atoms with Gasteiger partial charge in [-0.1, -0.05) is 6.07 Å². The van der Waals surface area contributed by atoms with E-state index >= 15 is 0 Å². The first-order valence-electron chi connectivity index (χ1n) is 6.41. The molecule has 5 nitrogen and oxygen atoms in total. The second kappa shape index (κ2) is 5.57. The molecule has 3 rings (SSSR count). The Labute approximate surface area is 126 Å². The fourth-order valence-corrected chi connectivity index (χ4v) is 2.97. The van der Waals surface area contributed by atoms with Gasteiger partial charge in [0.15, 0.2) is 11.5 Å². The van der Waals surface area contributed by atoms with Gasteiger partial charge >= 0.3 is 0 Å². The standard InChI is InChI=1S/C15H15N3O2S/c1-19-11-4-3-9(7-12(11)20-2)8-13-17-14(16)10-5-6-21-15(10)18-13/h3-7H,8H2,1-2H3,(H2,16,17,18). The molecule has 6 heteroatoms. The summed E-state index contributed by atoms with van der Waals surface area (Å²) in [6, 6.07) is 7.72. The SMILES string of the molecule is COc1ccc(Cc2nc(N)c3ccsc3n2)cc1OC. The first kappa shape index (κ1) is 13.6. The molecule has 0 aliphatic carbocycles. The molecule has 2 N–H and O–H groups in total. The van der Waals surface area contributed by atoms with Gasteiger partial charge in [0.2, 0.25) is 0 Å². The van der Waals surface area contributed by atoms with E-state index in [1.165, 1.54) is 0 Å². The van der Waals surface area contributed by atoms with Crippen molar-refractivity contribution in [2.24, 2.45) is 0 Å². The highest BCUT2D eigenvalue weighted by Gasteiger charge is 2.09. The first-order chi connectivity index (χ1) is 10.2. The lowest BCUT2D eigenvalue weighted by Gasteiger charge is -2.09. The maximum absolute atomic E-state index is 5.97. The summed E-state index contributed by atoms with van der Waals surface area (Å²) in [5.41, 5.74) is 7.01. The Hall–Kier alpha value is -2.34. The van der Waals surface area contributed by atoms with Crippen LogP contribution in [0.25, 0.3) is 10.2 Å². The van der Waals surface area contributed by atoms with Crippen LogP contribution in [0, 0.1) is 0 Å². The van der Waals surface area contributed by atoms with Crippen molar-refractivity contribution in [3.05, 3.63) is 41.0 Å². The molecule has 21 heavy (non-hydrogen) atoms. The molecule has 0 amide bonds. The molecule has 0 unspecified atom stereocenters. The normalized spacial score (nSPS) is 10.8. The van der Waals surface area contributed by atoms with Crippen LogP contribution in [-0.2, 0) is 6.42 Å². The number of aromatic nitrogens is 2.